The van der Waals surface area contributed by atoms with E-state index < -0.39 is 0 Å². The minimum absolute atomic E-state index is 0.226. The lowest BCUT2D eigenvalue weighted by Crippen LogP contribution is -2.37. The molecule has 1 aliphatic rings. The van der Waals surface area contributed by atoms with E-state index in [1.807, 2.05) is 35.1 Å². The first-order valence-electron chi connectivity index (χ1n) is 17.2. The smallest absolute Gasteiger partial charge is 0.337 e. The zero-order chi connectivity index (χ0) is 34.3. The van der Waals surface area contributed by atoms with E-state index in [1.54, 1.807) is 6.07 Å². The minimum atomic E-state index is -0.328. The van der Waals surface area contributed by atoms with Gasteiger partial charge in [0, 0.05) is 51.4 Å². The number of hydrogen-bond donors (Lipinski definition) is 3. The molecule has 262 valence electrons. The number of ether oxygens (including phenoxy) is 2. The van der Waals surface area contributed by atoms with Gasteiger partial charge in [-0.2, -0.15) is 9.97 Å². The predicted octanol–water partition coefficient (Wildman–Crippen LogP) is 4.20. The maximum atomic E-state index is 11.8. The molecule has 13 heteroatoms. The summed E-state index contributed by atoms with van der Waals surface area (Å²) in [6.07, 6.45) is 3.82. The van der Waals surface area contributed by atoms with Gasteiger partial charge in [-0.05, 0) is 56.1 Å². The van der Waals surface area contributed by atoms with E-state index in [0.29, 0.717) is 37.8 Å². The molecule has 0 spiro atoms. The van der Waals surface area contributed by atoms with Gasteiger partial charge >= 0.3 is 5.97 Å². The first-order chi connectivity index (χ1) is 24.0. The topological polar surface area (TPSA) is 135 Å². The molecule has 0 bridgehead atoms. The lowest BCUT2D eigenvalue weighted by atomic mass is 10.1. The molecule has 1 unspecified atom stereocenters. The number of hydrogen-bond acceptors (Lipinski definition) is 12. The lowest BCUT2D eigenvalue weighted by molar-refractivity contribution is 0.0600. The molecule has 3 N–H and O–H groups in total. The Morgan fingerprint density at radius 2 is 1.86 bits per heavy atom. The molecule has 1 saturated heterocycles. The standard InChI is InChI=1S/C36H50N10O3/c1-4-44(26-29-10-6-5-7-11-29)17-14-28(2)39-33-23-34(45-18-20-49-21-19-45)41-36(40-33)38-25-32-27-46(43-42-32)16-9-15-37-24-30-12-8-13-31(22-30)35(47)48-3/h5-8,10-13,22-23,27-28,37H,4,9,14-21,24-26H2,1-3H3,(H2,38,39,40,41). The van der Waals surface area contributed by atoms with Gasteiger partial charge in [0.15, 0.2) is 0 Å². The Morgan fingerprint density at radius 1 is 1.04 bits per heavy atom. The number of aryl methyl sites for hydroxylation is 1. The van der Waals surface area contributed by atoms with Crippen molar-refractivity contribution < 1.29 is 14.3 Å². The van der Waals surface area contributed by atoms with Crippen molar-refractivity contribution in [2.75, 3.05) is 68.6 Å². The second-order valence-electron chi connectivity index (χ2n) is 12.3. The highest BCUT2D eigenvalue weighted by molar-refractivity contribution is 5.89. The van der Waals surface area contributed by atoms with Gasteiger partial charge in [-0.15, -0.1) is 5.10 Å². The van der Waals surface area contributed by atoms with Crippen molar-refractivity contribution in [3.63, 3.8) is 0 Å². The summed E-state index contributed by atoms with van der Waals surface area (Å²) in [5.74, 6) is 1.90. The van der Waals surface area contributed by atoms with Crippen LogP contribution in [0.3, 0.4) is 0 Å². The molecule has 5 rings (SSSR count). The first kappa shape index (κ1) is 35.7. The van der Waals surface area contributed by atoms with Crippen LogP contribution >= 0.6 is 0 Å². The molecular formula is C36H50N10O3. The van der Waals surface area contributed by atoms with E-state index in [1.165, 1.54) is 12.7 Å². The SMILES string of the molecule is CCN(CCC(C)Nc1cc(N2CCOCC2)nc(NCc2cn(CCCNCc3cccc(C(=O)OC)c3)nn2)n1)Cc1ccccc1. The Balaban J connectivity index is 1.11. The van der Waals surface area contributed by atoms with E-state index in [4.69, 9.17) is 19.4 Å². The van der Waals surface area contributed by atoms with E-state index in [2.05, 4.69) is 80.2 Å². The molecule has 0 saturated carbocycles. The second kappa shape index (κ2) is 18.8. The number of rotatable bonds is 19. The van der Waals surface area contributed by atoms with Crippen LogP contribution in [0.1, 0.15) is 53.9 Å². The molecule has 2 aromatic carbocycles. The van der Waals surface area contributed by atoms with Crippen molar-refractivity contribution in [1.29, 1.82) is 0 Å². The Labute approximate surface area is 289 Å². The number of carbonyl (C=O) groups excluding carboxylic acids is 1. The van der Waals surface area contributed by atoms with Crippen LogP contribution in [0.2, 0.25) is 0 Å². The molecule has 49 heavy (non-hydrogen) atoms. The van der Waals surface area contributed by atoms with Gasteiger partial charge in [-0.1, -0.05) is 54.6 Å². The largest absolute Gasteiger partial charge is 0.465 e. The van der Waals surface area contributed by atoms with Crippen molar-refractivity contribution in [2.24, 2.45) is 0 Å². The van der Waals surface area contributed by atoms with Crippen molar-refractivity contribution in [2.45, 2.75) is 58.9 Å². The molecule has 0 amide bonds. The van der Waals surface area contributed by atoms with Crippen LogP contribution in [0.15, 0.2) is 66.9 Å². The molecule has 13 nitrogen and oxygen atoms in total. The molecule has 4 aromatic rings. The number of nitrogens with one attached hydrogen (secondary N) is 3. The lowest BCUT2D eigenvalue weighted by Gasteiger charge is -2.28. The van der Waals surface area contributed by atoms with E-state index in [0.717, 1.165) is 81.5 Å². The molecule has 1 aliphatic heterocycles. The van der Waals surface area contributed by atoms with Crippen molar-refractivity contribution in [3.05, 3.63) is 89.2 Å². The Hall–Kier alpha value is -4.59. The van der Waals surface area contributed by atoms with Crippen LogP contribution in [0, 0.1) is 0 Å². The Kier molecular flexibility index (Phi) is 13.7. The maximum absolute atomic E-state index is 11.8. The van der Waals surface area contributed by atoms with Crippen molar-refractivity contribution in [1.82, 2.24) is 35.2 Å². The third kappa shape index (κ3) is 11.5. The molecular weight excluding hydrogens is 620 g/mol. The summed E-state index contributed by atoms with van der Waals surface area (Å²) < 4.78 is 12.2. The van der Waals surface area contributed by atoms with Gasteiger partial charge in [-0.25, -0.2) is 4.79 Å². The highest BCUT2D eigenvalue weighted by Crippen LogP contribution is 2.21. The van der Waals surface area contributed by atoms with Crippen molar-refractivity contribution in [3.8, 4) is 0 Å². The highest BCUT2D eigenvalue weighted by atomic mass is 16.5. The normalized spacial score (nSPS) is 13.8. The third-order valence-electron chi connectivity index (χ3n) is 8.45. The van der Waals surface area contributed by atoms with Crippen LogP contribution in [-0.4, -0.2) is 94.9 Å². The van der Waals surface area contributed by atoms with Gasteiger partial charge in [0.2, 0.25) is 5.95 Å². The molecule has 1 fully saturated rings. The van der Waals surface area contributed by atoms with E-state index in [9.17, 15) is 4.79 Å². The number of aromatic nitrogens is 5. The van der Waals surface area contributed by atoms with Crippen molar-refractivity contribution >= 4 is 23.6 Å². The van der Waals surface area contributed by atoms with Gasteiger partial charge < -0.3 is 30.3 Å². The van der Waals surface area contributed by atoms with Gasteiger partial charge in [0.1, 0.15) is 17.3 Å². The third-order valence-corrected chi connectivity index (χ3v) is 8.45. The number of esters is 1. The summed E-state index contributed by atoms with van der Waals surface area (Å²) in [5.41, 5.74) is 3.74. The maximum Gasteiger partial charge on any atom is 0.337 e. The quantitative estimate of drug-likeness (QED) is 0.0976. The summed E-state index contributed by atoms with van der Waals surface area (Å²) in [4.78, 5) is 26.2. The summed E-state index contributed by atoms with van der Waals surface area (Å²) in [6, 6.07) is 20.4. The number of morpholine rings is 1. The summed E-state index contributed by atoms with van der Waals surface area (Å²) >= 11 is 0. The van der Waals surface area contributed by atoms with E-state index in [-0.39, 0.29) is 12.0 Å². The van der Waals surface area contributed by atoms with Crippen LogP contribution in [0.5, 0.6) is 0 Å². The minimum Gasteiger partial charge on any atom is -0.465 e. The first-order valence-corrected chi connectivity index (χ1v) is 17.2. The highest BCUT2D eigenvalue weighted by Gasteiger charge is 2.17. The zero-order valence-corrected chi connectivity index (χ0v) is 29.0. The van der Waals surface area contributed by atoms with E-state index >= 15 is 0 Å². The number of methoxy groups -OCH3 is 1. The fourth-order valence-corrected chi connectivity index (χ4v) is 5.66. The van der Waals surface area contributed by atoms with Crippen LogP contribution < -0.4 is 20.9 Å². The van der Waals surface area contributed by atoms with Gasteiger partial charge in [-0.3, -0.25) is 9.58 Å². The summed E-state index contributed by atoms with van der Waals surface area (Å²) in [5, 5.41) is 19.1. The number of anilines is 3. The monoisotopic (exact) mass is 670 g/mol. The fourth-order valence-electron chi connectivity index (χ4n) is 5.66. The molecule has 3 heterocycles. The summed E-state index contributed by atoms with van der Waals surface area (Å²) in [7, 11) is 1.39. The van der Waals surface area contributed by atoms with Gasteiger partial charge in [0.25, 0.3) is 0 Å². The number of nitrogens with zero attached hydrogens (tertiary/aromatic N) is 7. The fraction of sp³-hybridized carbons (Fsp3) is 0.472. The summed E-state index contributed by atoms with van der Waals surface area (Å²) in [6.45, 7) is 13.0. The number of carbonyl (C=O) groups is 1. The van der Waals surface area contributed by atoms with Gasteiger partial charge in [0.05, 0.1) is 38.6 Å². The average molecular weight is 671 g/mol. The van der Waals surface area contributed by atoms with Crippen LogP contribution in [-0.2, 0) is 35.7 Å². The van der Waals surface area contributed by atoms with Crippen LogP contribution in [0.4, 0.5) is 17.6 Å². The molecule has 0 radical (unpaired) electrons. The molecule has 1 atom stereocenters. The molecule has 2 aromatic heterocycles. The second-order valence-corrected chi connectivity index (χ2v) is 12.3. The predicted molar refractivity (Wildman–Crippen MR) is 192 cm³/mol. The number of benzene rings is 2. The average Bonchev–Trinajstić information content (AvgIpc) is 3.60. The Bertz CT molecular complexity index is 1580. The van der Waals surface area contributed by atoms with Crippen LogP contribution in [0.25, 0.3) is 0 Å². The Morgan fingerprint density at radius 3 is 2.65 bits per heavy atom. The zero-order valence-electron chi connectivity index (χ0n) is 29.0. The molecule has 0 aliphatic carbocycles.